The number of ether oxygens (including phenoxy) is 2. The van der Waals surface area contributed by atoms with Crippen molar-refractivity contribution in [3.8, 4) is 0 Å². The molecule has 4 aliphatic carbocycles. The zero-order chi connectivity index (χ0) is 23.0. The van der Waals surface area contributed by atoms with Crippen molar-refractivity contribution >= 4 is 5.97 Å². The summed E-state index contributed by atoms with van der Waals surface area (Å²) in [5, 5.41) is 0. The Morgan fingerprint density at radius 3 is 2.70 bits per heavy atom. The van der Waals surface area contributed by atoms with Crippen LogP contribution in [0.15, 0.2) is 35.6 Å². The summed E-state index contributed by atoms with van der Waals surface area (Å²) in [7, 11) is 0. The third-order valence-corrected chi connectivity index (χ3v) is 11.0. The molecule has 6 rings (SSSR count). The van der Waals surface area contributed by atoms with E-state index in [0.29, 0.717) is 23.2 Å². The summed E-state index contributed by atoms with van der Waals surface area (Å²) in [5.41, 5.74) is 4.31. The third kappa shape index (κ3) is 3.23. The number of allylic oxidation sites excluding steroid dienone is 3. The Kier molecular flexibility index (Phi) is 4.99. The number of carbonyl (C=O) groups is 1. The molecule has 2 heterocycles. The molecule has 0 amide bonds. The molecule has 0 aromatic heterocycles. The molecular formula is C30H42O3. The maximum atomic E-state index is 13.2. The first-order valence-electron chi connectivity index (χ1n) is 13.7. The molecule has 0 aromatic rings. The predicted octanol–water partition coefficient (Wildman–Crippen LogP) is 7.28. The monoisotopic (exact) mass is 450 g/mol. The van der Waals surface area contributed by atoms with Gasteiger partial charge in [0.15, 0.2) is 0 Å². The number of fused-ring (bicyclic) bond motifs is 4. The molecule has 33 heavy (non-hydrogen) atoms. The number of rotatable bonds is 1. The largest absolute Gasteiger partial charge is 0.482 e. The average Bonchev–Trinajstić information content (AvgIpc) is 3.02. The molecule has 1 saturated heterocycles. The van der Waals surface area contributed by atoms with Crippen molar-refractivity contribution in [2.75, 3.05) is 0 Å². The van der Waals surface area contributed by atoms with E-state index in [9.17, 15) is 4.79 Å². The summed E-state index contributed by atoms with van der Waals surface area (Å²) in [5.74, 6) is 1.79. The first-order chi connectivity index (χ1) is 15.7. The van der Waals surface area contributed by atoms with Gasteiger partial charge < -0.3 is 9.47 Å². The van der Waals surface area contributed by atoms with E-state index in [1.165, 1.54) is 68.9 Å². The van der Waals surface area contributed by atoms with E-state index < -0.39 is 5.60 Å². The zero-order valence-electron chi connectivity index (χ0n) is 21.0. The lowest BCUT2D eigenvalue weighted by Crippen LogP contribution is -2.48. The predicted molar refractivity (Wildman–Crippen MR) is 130 cm³/mol. The van der Waals surface area contributed by atoms with E-state index in [4.69, 9.17) is 9.47 Å². The Hall–Kier alpha value is -1.51. The fraction of sp³-hybridized carbons (Fsp3) is 0.767. The quantitative estimate of drug-likeness (QED) is 0.311. The maximum absolute atomic E-state index is 13.2. The van der Waals surface area contributed by atoms with Crippen molar-refractivity contribution in [2.45, 2.75) is 110 Å². The molecule has 8 atom stereocenters. The van der Waals surface area contributed by atoms with Gasteiger partial charge in [-0.25, -0.2) is 4.79 Å². The molecule has 3 heteroatoms. The highest BCUT2D eigenvalue weighted by Crippen LogP contribution is 2.58. The molecule has 180 valence electrons. The summed E-state index contributed by atoms with van der Waals surface area (Å²) in [6.07, 6.45) is 18.5. The third-order valence-electron chi connectivity index (χ3n) is 11.0. The van der Waals surface area contributed by atoms with Crippen LogP contribution in [-0.4, -0.2) is 17.7 Å². The lowest BCUT2D eigenvalue weighted by atomic mass is 9.56. The maximum Gasteiger partial charge on any atom is 0.351 e. The molecule has 0 N–H and O–H groups in total. The van der Waals surface area contributed by atoms with E-state index in [0.717, 1.165) is 19.3 Å². The van der Waals surface area contributed by atoms with E-state index in [2.05, 4.69) is 33.4 Å². The molecule has 3 saturated carbocycles. The Morgan fingerprint density at radius 2 is 1.91 bits per heavy atom. The van der Waals surface area contributed by atoms with Gasteiger partial charge >= 0.3 is 5.97 Å². The van der Waals surface area contributed by atoms with Crippen LogP contribution in [0.3, 0.4) is 0 Å². The summed E-state index contributed by atoms with van der Waals surface area (Å²) in [6.45, 7) is 11.7. The topological polar surface area (TPSA) is 35.5 Å². The first-order valence-corrected chi connectivity index (χ1v) is 13.7. The second-order valence-electron chi connectivity index (χ2n) is 13.0. The first kappa shape index (κ1) is 22.0. The van der Waals surface area contributed by atoms with Gasteiger partial charge in [-0.05, 0) is 98.4 Å². The van der Waals surface area contributed by atoms with Crippen molar-refractivity contribution in [3.63, 3.8) is 0 Å². The van der Waals surface area contributed by atoms with Gasteiger partial charge in [-0.15, -0.1) is 0 Å². The lowest BCUT2D eigenvalue weighted by molar-refractivity contribution is -0.157. The molecule has 1 unspecified atom stereocenters. The fourth-order valence-electron chi connectivity index (χ4n) is 8.95. The number of hydrogen-bond acceptors (Lipinski definition) is 3. The van der Waals surface area contributed by atoms with Gasteiger partial charge in [0.05, 0.1) is 12.2 Å². The highest BCUT2D eigenvalue weighted by atomic mass is 16.6. The van der Waals surface area contributed by atoms with E-state index >= 15 is 0 Å². The van der Waals surface area contributed by atoms with Gasteiger partial charge in [0, 0.05) is 6.42 Å². The highest BCUT2D eigenvalue weighted by molar-refractivity contribution is 5.83. The van der Waals surface area contributed by atoms with Crippen LogP contribution >= 0.6 is 0 Å². The molecule has 0 bridgehead atoms. The molecule has 6 aliphatic rings. The molecule has 0 aromatic carbocycles. The van der Waals surface area contributed by atoms with Crippen LogP contribution in [0.2, 0.25) is 0 Å². The van der Waals surface area contributed by atoms with Crippen molar-refractivity contribution in [1.29, 1.82) is 0 Å². The van der Waals surface area contributed by atoms with Crippen LogP contribution in [0.25, 0.3) is 0 Å². The van der Waals surface area contributed by atoms with Crippen LogP contribution in [0, 0.1) is 34.5 Å². The van der Waals surface area contributed by atoms with Crippen LogP contribution in [0.4, 0.5) is 0 Å². The molecule has 3 nitrogen and oxygen atoms in total. The Labute approximate surface area is 200 Å². The smallest absolute Gasteiger partial charge is 0.351 e. The zero-order valence-corrected chi connectivity index (χ0v) is 21.0. The fourth-order valence-corrected chi connectivity index (χ4v) is 8.95. The minimum absolute atomic E-state index is 0.0209. The number of carbonyl (C=O) groups excluding carboxylic acids is 1. The van der Waals surface area contributed by atoms with Crippen molar-refractivity contribution in [1.82, 2.24) is 0 Å². The van der Waals surface area contributed by atoms with Gasteiger partial charge in [0.1, 0.15) is 6.10 Å². The summed E-state index contributed by atoms with van der Waals surface area (Å²) in [4.78, 5) is 13.2. The van der Waals surface area contributed by atoms with Gasteiger partial charge in [-0.1, -0.05) is 51.0 Å². The number of hydrogen-bond donors (Lipinski definition) is 0. The normalized spacial score (nSPS) is 49.2. The number of esters is 1. The second kappa shape index (κ2) is 7.49. The highest BCUT2D eigenvalue weighted by Gasteiger charge is 2.62. The SMILES string of the molecule is C=C1CCC[C@@]2(C)CC[C@H](C3=CO[C@@]4(CC3)C(=O)O[C@@H]3C[C@@]5(C)CCC[C@H](C)C5=C[C@@H]34)CC12. The summed E-state index contributed by atoms with van der Waals surface area (Å²) >= 11 is 0. The van der Waals surface area contributed by atoms with Gasteiger partial charge in [0.2, 0.25) is 5.60 Å². The minimum Gasteiger partial charge on any atom is -0.482 e. The van der Waals surface area contributed by atoms with E-state index in [1.807, 2.05) is 6.26 Å². The van der Waals surface area contributed by atoms with Crippen molar-refractivity contribution < 1.29 is 14.3 Å². The molecule has 1 spiro atoms. The lowest BCUT2D eigenvalue weighted by Gasteiger charge is -2.50. The van der Waals surface area contributed by atoms with Crippen LogP contribution in [0.1, 0.15) is 97.8 Å². The van der Waals surface area contributed by atoms with E-state index in [-0.39, 0.29) is 23.4 Å². The molecule has 2 aliphatic heterocycles. The Balaban J connectivity index is 1.24. The van der Waals surface area contributed by atoms with E-state index in [1.54, 1.807) is 5.57 Å². The van der Waals surface area contributed by atoms with Crippen LogP contribution in [-0.2, 0) is 14.3 Å². The van der Waals surface area contributed by atoms with Gasteiger partial charge in [0.25, 0.3) is 0 Å². The molecule has 0 radical (unpaired) electrons. The summed E-state index contributed by atoms with van der Waals surface area (Å²) < 4.78 is 12.5. The standard InChI is InChI=1S/C30H42O3/c1-19-7-5-11-28(3)13-9-21(15-23(19)28)22-10-14-30(32-18-22)25-16-24-20(2)8-6-12-29(24,4)17-26(25)33-27(30)31/h16,18,20-21,23,25-26H,1,5-15,17H2,2-4H3/t20-,21-,23?,25-,26+,28-,29+,30+/m0/s1. The van der Waals surface area contributed by atoms with Gasteiger partial charge in [-0.2, -0.15) is 0 Å². The molecular weight excluding hydrogens is 408 g/mol. The van der Waals surface area contributed by atoms with Crippen LogP contribution in [0.5, 0.6) is 0 Å². The van der Waals surface area contributed by atoms with Crippen molar-refractivity contribution in [2.24, 2.45) is 34.5 Å². The minimum atomic E-state index is -0.794. The molecule has 4 fully saturated rings. The second-order valence-corrected chi connectivity index (χ2v) is 13.0. The Morgan fingerprint density at radius 1 is 1.06 bits per heavy atom. The van der Waals surface area contributed by atoms with Crippen molar-refractivity contribution in [3.05, 3.63) is 35.6 Å². The Bertz CT molecular complexity index is 929. The van der Waals surface area contributed by atoms with Crippen LogP contribution < -0.4 is 0 Å². The average molecular weight is 451 g/mol. The van der Waals surface area contributed by atoms with Gasteiger partial charge in [-0.3, -0.25) is 0 Å². The summed E-state index contributed by atoms with van der Waals surface area (Å²) in [6, 6.07) is 0.